The minimum absolute atomic E-state index is 0.217. The van der Waals surface area contributed by atoms with Crippen molar-refractivity contribution in [2.24, 2.45) is 0 Å². The number of hydrogen-bond acceptors (Lipinski definition) is 6. The average Bonchev–Trinajstić information content (AvgIpc) is 3.17. The molecular weight excluding hydrogens is 426 g/mol. The van der Waals surface area contributed by atoms with Crippen LogP contribution in [0.5, 0.6) is 11.5 Å². The summed E-state index contributed by atoms with van der Waals surface area (Å²) >= 11 is 7.22. The minimum Gasteiger partial charge on any atom is -0.497 e. The lowest BCUT2D eigenvalue weighted by Crippen LogP contribution is -2.15. The highest BCUT2D eigenvalue weighted by Crippen LogP contribution is 2.37. The number of esters is 1. The molecule has 0 atom stereocenters. The lowest BCUT2D eigenvalue weighted by Gasteiger charge is -2.11. The molecule has 0 saturated carbocycles. The summed E-state index contributed by atoms with van der Waals surface area (Å²) < 4.78 is 15.7. The van der Waals surface area contributed by atoms with E-state index in [0.29, 0.717) is 38.2 Å². The van der Waals surface area contributed by atoms with Gasteiger partial charge in [0, 0.05) is 27.6 Å². The maximum absolute atomic E-state index is 12.9. The Morgan fingerprint density at radius 3 is 2.23 bits per heavy atom. The summed E-state index contributed by atoms with van der Waals surface area (Å²) in [5.74, 6) is 0.0563. The summed E-state index contributed by atoms with van der Waals surface area (Å²) in [5, 5.41) is 5.60. The summed E-state index contributed by atoms with van der Waals surface area (Å²) in [6, 6.07) is 12.0. The molecule has 0 spiro atoms. The van der Waals surface area contributed by atoms with Crippen molar-refractivity contribution < 1.29 is 23.8 Å². The Balaban J connectivity index is 1.98. The molecule has 1 amide bonds. The van der Waals surface area contributed by atoms with Gasteiger partial charge in [-0.15, -0.1) is 11.3 Å². The standard InChI is InChI=1S/C22H20ClNO5S/c1-4-29-22(26)19-18(13-5-7-15(23)8-6-13)12-30-21(19)24-20(25)14-9-16(27-2)11-17(10-14)28-3/h5-12H,4H2,1-3H3,(H,24,25). The zero-order valence-corrected chi connectivity index (χ0v) is 18.2. The second kappa shape index (κ2) is 9.65. The van der Waals surface area contributed by atoms with Gasteiger partial charge in [0.1, 0.15) is 22.1 Å². The first-order valence-corrected chi connectivity index (χ1v) is 10.3. The number of thiophene rings is 1. The number of ether oxygens (including phenoxy) is 3. The summed E-state index contributed by atoms with van der Waals surface area (Å²) in [4.78, 5) is 25.6. The van der Waals surface area contributed by atoms with Crippen molar-refractivity contribution >= 4 is 39.8 Å². The molecule has 30 heavy (non-hydrogen) atoms. The van der Waals surface area contributed by atoms with E-state index in [0.717, 1.165) is 5.56 Å². The highest BCUT2D eigenvalue weighted by atomic mass is 35.5. The van der Waals surface area contributed by atoms with Gasteiger partial charge in [-0.2, -0.15) is 0 Å². The van der Waals surface area contributed by atoms with Crippen LogP contribution in [0.3, 0.4) is 0 Å². The average molecular weight is 446 g/mol. The van der Waals surface area contributed by atoms with Crippen LogP contribution in [-0.2, 0) is 4.74 Å². The molecule has 0 bridgehead atoms. The lowest BCUT2D eigenvalue weighted by molar-refractivity contribution is 0.0529. The van der Waals surface area contributed by atoms with Gasteiger partial charge in [0.15, 0.2) is 0 Å². The molecule has 0 radical (unpaired) electrons. The number of rotatable bonds is 7. The Kier molecular flexibility index (Phi) is 6.97. The Labute approximate surface area is 183 Å². The topological polar surface area (TPSA) is 73.9 Å². The fourth-order valence-electron chi connectivity index (χ4n) is 2.81. The molecule has 0 aliphatic carbocycles. The SMILES string of the molecule is CCOC(=O)c1c(-c2ccc(Cl)cc2)csc1NC(=O)c1cc(OC)cc(OC)c1. The van der Waals surface area contributed by atoms with Gasteiger partial charge >= 0.3 is 5.97 Å². The van der Waals surface area contributed by atoms with Crippen molar-refractivity contribution in [1.29, 1.82) is 0 Å². The monoisotopic (exact) mass is 445 g/mol. The van der Waals surface area contributed by atoms with Crippen molar-refractivity contribution in [3.8, 4) is 22.6 Å². The summed E-state index contributed by atoms with van der Waals surface area (Å²) in [6.45, 7) is 1.95. The van der Waals surface area contributed by atoms with Crippen LogP contribution in [-0.4, -0.2) is 32.7 Å². The molecule has 0 aliphatic rings. The molecule has 0 aliphatic heterocycles. The Hall–Kier alpha value is -3.03. The molecule has 6 nitrogen and oxygen atoms in total. The van der Waals surface area contributed by atoms with Gasteiger partial charge in [0.2, 0.25) is 0 Å². The third kappa shape index (κ3) is 4.75. The molecule has 3 aromatic rings. The number of halogens is 1. The number of amides is 1. The summed E-state index contributed by atoms with van der Waals surface area (Å²) in [5.41, 5.74) is 2.09. The number of hydrogen-bond donors (Lipinski definition) is 1. The zero-order valence-electron chi connectivity index (χ0n) is 16.7. The molecule has 1 aromatic heterocycles. The minimum atomic E-state index is -0.512. The first kappa shape index (κ1) is 21.7. The van der Waals surface area contributed by atoms with E-state index in [9.17, 15) is 9.59 Å². The van der Waals surface area contributed by atoms with E-state index in [4.69, 9.17) is 25.8 Å². The van der Waals surface area contributed by atoms with Gasteiger partial charge in [-0.3, -0.25) is 4.79 Å². The fourth-order valence-corrected chi connectivity index (χ4v) is 3.89. The Bertz CT molecular complexity index is 1040. The summed E-state index contributed by atoms with van der Waals surface area (Å²) in [6.07, 6.45) is 0. The first-order chi connectivity index (χ1) is 14.5. The normalized spacial score (nSPS) is 10.4. The van der Waals surface area contributed by atoms with E-state index in [2.05, 4.69) is 5.32 Å². The molecular formula is C22H20ClNO5S. The van der Waals surface area contributed by atoms with Gasteiger partial charge in [-0.05, 0) is 36.8 Å². The largest absolute Gasteiger partial charge is 0.497 e. The van der Waals surface area contributed by atoms with E-state index < -0.39 is 11.9 Å². The van der Waals surface area contributed by atoms with Crippen molar-refractivity contribution in [2.75, 3.05) is 26.1 Å². The van der Waals surface area contributed by atoms with Gasteiger partial charge < -0.3 is 19.5 Å². The second-order valence-corrected chi connectivity index (χ2v) is 7.45. The van der Waals surface area contributed by atoms with Crippen LogP contribution in [0.15, 0.2) is 47.8 Å². The van der Waals surface area contributed by atoms with Crippen LogP contribution in [0, 0.1) is 0 Å². The quantitative estimate of drug-likeness (QED) is 0.485. The Morgan fingerprint density at radius 1 is 1.03 bits per heavy atom. The van der Waals surface area contributed by atoms with Crippen LogP contribution in [0.25, 0.3) is 11.1 Å². The van der Waals surface area contributed by atoms with Crippen molar-refractivity contribution in [3.05, 3.63) is 64.0 Å². The van der Waals surface area contributed by atoms with E-state index in [1.165, 1.54) is 25.6 Å². The van der Waals surface area contributed by atoms with Gasteiger partial charge in [0.05, 0.1) is 20.8 Å². The molecule has 0 unspecified atom stereocenters. The molecule has 1 heterocycles. The van der Waals surface area contributed by atoms with Crippen LogP contribution in [0.4, 0.5) is 5.00 Å². The maximum Gasteiger partial charge on any atom is 0.341 e. The van der Waals surface area contributed by atoms with Gasteiger partial charge in [0.25, 0.3) is 5.91 Å². The highest BCUT2D eigenvalue weighted by molar-refractivity contribution is 7.15. The molecule has 0 fully saturated rings. The molecule has 0 saturated heterocycles. The molecule has 1 N–H and O–H groups in total. The van der Waals surface area contributed by atoms with E-state index in [1.807, 2.05) is 12.1 Å². The smallest absolute Gasteiger partial charge is 0.341 e. The number of carbonyl (C=O) groups is 2. The predicted octanol–water partition coefficient (Wildman–Crippen LogP) is 5.51. The van der Waals surface area contributed by atoms with Crippen molar-refractivity contribution in [3.63, 3.8) is 0 Å². The van der Waals surface area contributed by atoms with Crippen LogP contribution in [0.2, 0.25) is 5.02 Å². The van der Waals surface area contributed by atoms with Crippen LogP contribution >= 0.6 is 22.9 Å². The van der Waals surface area contributed by atoms with E-state index >= 15 is 0 Å². The fraction of sp³-hybridized carbons (Fsp3) is 0.182. The molecule has 8 heteroatoms. The van der Waals surface area contributed by atoms with Crippen molar-refractivity contribution in [2.45, 2.75) is 6.92 Å². The van der Waals surface area contributed by atoms with E-state index in [-0.39, 0.29) is 6.61 Å². The third-order valence-electron chi connectivity index (χ3n) is 4.27. The van der Waals surface area contributed by atoms with Gasteiger partial charge in [-0.25, -0.2) is 4.79 Å². The number of carbonyl (C=O) groups excluding carboxylic acids is 2. The second-order valence-electron chi connectivity index (χ2n) is 6.14. The number of benzene rings is 2. The number of methoxy groups -OCH3 is 2. The van der Waals surface area contributed by atoms with Crippen LogP contribution < -0.4 is 14.8 Å². The zero-order chi connectivity index (χ0) is 21.7. The maximum atomic E-state index is 12.9. The lowest BCUT2D eigenvalue weighted by atomic mass is 10.0. The van der Waals surface area contributed by atoms with Gasteiger partial charge in [-0.1, -0.05) is 23.7 Å². The predicted molar refractivity (Wildman–Crippen MR) is 118 cm³/mol. The molecule has 156 valence electrons. The molecule has 2 aromatic carbocycles. The van der Waals surface area contributed by atoms with E-state index in [1.54, 1.807) is 42.6 Å². The first-order valence-electron chi connectivity index (χ1n) is 9.05. The number of nitrogens with one attached hydrogen (secondary N) is 1. The van der Waals surface area contributed by atoms with Crippen LogP contribution in [0.1, 0.15) is 27.6 Å². The molecule has 3 rings (SSSR count). The number of anilines is 1. The highest BCUT2D eigenvalue weighted by Gasteiger charge is 2.23. The van der Waals surface area contributed by atoms with Crippen molar-refractivity contribution in [1.82, 2.24) is 0 Å². The Morgan fingerprint density at radius 2 is 1.67 bits per heavy atom. The summed E-state index contributed by atoms with van der Waals surface area (Å²) in [7, 11) is 3.01. The third-order valence-corrected chi connectivity index (χ3v) is 5.41.